The van der Waals surface area contributed by atoms with Crippen LogP contribution in [-0.4, -0.2) is 50.7 Å². The van der Waals surface area contributed by atoms with E-state index in [0.29, 0.717) is 47.4 Å². The summed E-state index contributed by atoms with van der Waals surface area (Å²) < 4.78 is 51.2. The molecule has 9 nitrogen and oxygen atoms in total. The standard InChI is InChI=1S/C26H23F3N6O3/c1-34-15-20(26(27,28)29)32-23(34)17-7-5-16(6-8-17)14-35-21(36)12-18-13-31-22(33-24(18)35)19-4-3-9-30-25(19)38-11-10-37-2/h3-9,13,15H,10-12,14H2,1-2H3. The van der Waals surface area contributed by atoms with Crippen molar-refractivity contribution in [2.75, 3.05) is 25.2 Å². The van der Waals surface area contributed by atoms with E-state index in [1.54, 1.807) is 60.8 Å². The Morgan fingerprint density at radius 3 is 2.55 bits per heavy atom. The van der Waals surface area contributed by atoms with Crippen LogP contribution < -0.4 is 9.64 Å². The number of halogens is 3. The smallest absolute Gasteiger partial charge is 0.434 e. The fourth-order valence-electron chi connectivity index (χ4n) is 4.14. The van der Waals surface area contributed by atoms with E-state index in [9.17, 15) is 18.0 Å². The number of benzene rings is 1. The molecule has 196 valence electrons. The highest BCUT2D eigenvalue weighted by Gasteiger charge is 2.34. The van der Waals surface area contributed by atoms with Crippen LogP contribution in [0, 0.1) is 0 Å². The molecule has 38 heavy (non-hydrogen) atoms. The van der Waals surface area contributed by atoms with Crippen molar-refractivity contribution in [3.8, 4) is 28.7 Å². The number of alkyl halides is 3. The van der Waals surface area contributed by atoms with E-state index in [1.807, 2.05) is 0 Å². The number of carbonyl (C=O) groups is 1. The number of rotatable bonds is 8. The molecule has 1 aromatic carbocycles. The van der Waals surface area contributed by atoms with E-state index in [1.165, 1.54) is 11.6 Å². The Morgan fingerprint density at radius 1 is 1.05 bits per heavy atom. The number of pyridine rings is 1. The van der Waals surface area contributed by atoms with Gasteiger partial charge in [-0.25, -0.2) is 19.9 Å². The molecule has 3 aromatic heterocycles. The van der Waals surface area contributed by atoms with E-state index in [2.05, 4.69) is 19.9 Å². The molecule has 0 N–H and O–H groups in total. The predicted octanol–water partition coefficient (Wildman–Crippen LogP) is 4.07. The van der Waals surface area contributed by atoms with Crippen molar-refractivity contribution in [1.82, 2.24) is 24.5 Å². The Bertz CT molecular complexity index is 1470. The van der Waals surface area contributed by atoms with Crippen LogP contribution in [0.25, 0.3) is 22.8 Å². The Morgan fingerprint density at radius 2 is 1.84 bits per heavy atom. The largest absolute Gasteiger partial charge is 0.475 e. The van der Waals surface area contributed by atoms with Crippen molar-refractivity contribution in [2.24, 2.45) is 7.05 Å². The van der Waals surface area contributed by atoms with Gasteiger partial charge in [0.2, 0.25) is 11.8 Å². The lowest BCUT2D eigenvalue weighted by Gasteiger charge is -2.17. The maximum atomic E-state index is 13.0. The summed E-state index contributed by atoms with van der Waals surface area (Å²) in [6.07, 6.45) is -0.161. The molecule has 1 amide bonds. The molecule has 0 atom stereocenters. The highest BCUT2D eigenvalue weighted by atomic mass is 19.4. The lowest BCUT2D eigenvalue weighted by molar-refractivity contribution is -0.140. The number of fused-ring (bicyclic) bond motifs is 1. The van der Waals surface area contributed by atoms with Crippen molar-refractivity contribution in [3.63, 3.8) is 0 Å². The summed E-state index contributed by atoms with van der Waals surface area (Å²) >= 11 is 0. The van der Waals surface area contributed by atoms with E-state index < -0.39 is 11.9 Å². The average Bonchev–Trinajstić information content (AvgIpc) is 3.44. The van der Waals surface area contributed by atoms with E-state index in [0.717, 1.165) is 11.8 Å². The Kier molecular flexibility index (Phi) is 6.81. The number of hydrogen-bond donors (Lipinski definition) is 0. The number of nitrogens with zero attached hydrogens (tertiary/aromatic N) is 6. The summed E-state index contributed by atoms with van der Waals surface area (Å²) in [7, 11) is 3.09. The fourth-order valence-corrected chi connectivity index (χ4v) is 4.14. The van der Waals surface area contributed by atoms with Crippen LogP contribution in [0.15, 0.2) is 55.0 Å². The molecule has 0 unspecified atom stereocenters. The summed E-state index contributed by atoms with van der Waals surface area (Å²) in [5.74, 6) is 1.30. The second-order valence-corrected chi connectivity index (χ2v) is 8.65. The van der Waals surface area contributed by atoms with Gasteiger partial charge >= 0.3 is 6.18 Å². The fraction of sp³-hybridized carbons (Fsp3) is 0.269. The van der Waals surface area contributed by atoms with E-state index >= 15 is 0 Å². The molecule has 0 radical (unpaired) electrons. The van der Waals surface area contributed by atoms with Crippen molar-refractivity contribution >= 4 is 11.7 Å². The summed E-state index contributed by atoms with van der Waals surface area (Å²) in [6.45, 7) is 0.939. The van der Waals surface area contributed by atoms with Gasteiger partial charge in [-0.3, -0.25) is 9.69 Å². The number of methoxy groups -OCH3 is 1. The van der Waals surface area contributed by atoms with Gasteiger partial charge < -0.3 is 14.0 Å². The number of ether oxygens (including phenoxy) is 2. The molecule has 5 rings (SSSR count). The zero-order valence-electron chi connectivity index (χ0n) is 20.6. The molecule has 12 heteroatoms. The van der Waals surface area contributed by atoms with Crippen LogP contribution in [0.4, 0.5) is 19.0 Å². The molecule has 0 saturated heterocycles. The second kappa shape index (κ2) is 10.2. The van der Waals surface area contributed by atoms with Crippen molar-refractivity contribution < 1.29 is 27.4 Å². The summed E-state index contributed by atoms with van der Waals surface area (Å²) in [6, 6.07) is 10.4. The van der Waals surface area contributed by atoms with Crippen LogP contribution in [-0.2, 0) is 35.7 Å². The molecular formula is C26H23F3N6O3. The maximum absolute atomic E-state index is 13.0. The molecular weight excluding hydrogens is 501 g/mol. The van der Waals surface area contributed by atoms with E-state index in [-0.39, 0.29) is 24.7 Å². The van der Waals surface area contributed by atoms with Crippen LogP contribution >= 0.6 is 0 Å². The minimum atomic E-state index is -4.52. The topological polar surface area (TPSA) is 95.3 Å². The monoisotopic (exact) mass is 524 g/mol. The van der Waals surface area contributed by atoms with Gasteiger partial charge in [-0.15, -0.1) is 0 Å². The summed E-state index contributed by atoms with van der Waals surface area (Å²) in [5, 5.41) is 0. The number of aromatic nitrogens is 5. The Balaban J connectivity index is 1.38. The molecule has 0 spiro atoms. The minimum Gasteiger partial charge on any atom is -0.475 e. The first kappa shape index (κ1) is 25.3. The number of hydrogen-bond acceptors (Lipinski definition) is 7. The Hall–Kier alpha value is -4.32. The van der Waals surface area contributed by atoms with Gasteiger partial charge in [-0.1, -0.05) is 24.3 Å². The van der Waals surface area contributed by atoms with Crippen LogP contribution in [0.2, 0.25) is 0 Å². The number of aryl methyl sites for hydroxylation is 1. The highest BCUT2D eigenvalue weighted by Crippen LogP contribution is 2.33. The van der Waals surface area contributed by atoms with Gasteiger partial charge in [-0.05, 0) is 17.7 Å². The van der Waals surface area contributed by atoms with Gasteiger partial charge in [0.25, 0.3) is 0 Å². The molecule has 4 heterocycles. The van der Waals surface area contributed by atoms with E-state index in [4.69, 9.17) is 9.47 Å². The quantitative estimate of drug-likeness (QED) is 0.321. The van der Waals surface area contributed by atoms with Gasteiger partial charge in [0.05, 0.1) is 25.1 Å². The molecule has 4 aromatic rings. The van der Waals surface area contributed by atoms with Gasteiger partial charge in [-0.2, -0.15) is 13.2 Å². The van der Waals surface area contributed by atoms with Crippen LogP contribution in [0.3, 0.4) is 0 Å². The van der Waals surface area contributed by atoms with Crippen LogP contribution in [0.1, 0.15) is 16.8 Å². The summed E-state index contributed by atoms with van der Waals surface area (Å²) in [4.78, 5) is 31.5. The Labute approximate surface area is 215 Å². The highest BCUT2D eigenvalue weighted by molar-refractivity contribution is 6.00. The number of amides is 1. The zero-order valence-corrected chi connectivity index (χ0v) is 20.6. The third kappa shape index (κ3) is 5.07. The normalized spacial score (nSPS) is 13.2. The predicted molar refractivity (Wildman–Crippen MR) is 131 cm³/mol. The van der Waals surface area contributed by atoms with Gasteiger partial charge in [0, 0.05) is 43.9 Å². The first-order valence-corrected chi connectivity index (χ1v) is 11.7. The average molecular weight is 525 g/mol. The first-order chi connectivity index (χ1) is 18.2. The molecule has 0 bridgehead atoms. The lowest BCUT2D eigenvalue weighted by Crippen LogP contribution is -2.26. The van der Waals surface area contributed by atoms with Crippen molar-refractivity contribution in [2.45, 2.75) is 19.1 Å². The zero-order chi connectivity index (χ0) is 26.9. The van der Waals surface area contributed by atoms with Gasteiger partial charge in [0.15, 0.2) is 11.5 Å². The number of imidazole rings is 1. The first-order valence-electron chi connectivity index (χ1n) is 11.7. The number of carbonyl (C=O) groups excluding carboxylic acids is 1. The summed E-state index contributed by atoms with van der Waals surface area (Å²) in [5.41, 5.74) is 1.65. The second-order valence-electron chi connectivity index (χ2n) is 8.65. The SMILES string of the molecule is COCCOc1ncccc1-c1ncc2c(n1)N(Cc1ccc(-c3nc(C(F)(F)F)cn3C)cc1)C(=O)C2. The minimum absolute atomic E-state index is 0.128. The lowest BCUT2D eigenvalue weighted by atomic mass is 10.1. The molecule has 0 saturated carbocycles. The number of anilines is 1. The molecule has 1 aliphatic rings. The van der Waals surface area contributed by atoms with Crippen molar-refractivity contribution in [1.29, 1.82) is 0 Å². The van der Waals surface area contributed by atoms with Crippen molar-refractivity contribution in [3.05, 3.63) is 71.8 Å². The molecule has 0 aliphatic carbocycles. The molecule has 1 aliphatic heterocycles. The molecule has 0 fully saturated rings. The third-order valence-electron chi connectivity index (χ3n) is 6.00. The van der Waals surface area contributed by atoms with Crippen LogP contribution in [0.5, 0.6) is 5.88 Å². The van der Waals surface area contributed by atoms with Gasteiger partial charge in [0.1, 0.15) is 18.2 Å². The maximum Gasteiger partial charge on any atom is 0.434 e. The third-order valence-corrected chi connectivity index (χ3v) is 6.00.